The standard InChI is InChI=1S/C19H17ClF3N5O/c1-11-24-16(19(21,22)23)10-17(25-11)27-4-6-28(7-5-27)18(29)15-9-12-8-13(20)2-3-14(12)26-15/h2-3,8-10,26H,4-7H2,1H3. The van der Waals surface area contributed by atoms with Gasteiger partial charge in [0.05, 0.1) is 0 Å². The Bertz CT molecular complexity index is 1070. The van der Waals surface area contributed by atoms with Gasteiger partial charge in [-0.2, -0.15) is 13.2 Å². The van der Waals surface area contributed by atoms with Crippen LogP contribution in [-0.2, 0) is 6.18 Å². The number of piperazine rings is 1. The zero-order valence-corrected chi connectivity index (χ0v) is 16.2. The van der Waals surface area contributed by atoms with Crippen molar-refractivity contribution in [3.63, 3.8) is 0 Å². The first kappa shape index (κ1) is 19.5. The number of H-pyrrole nitrogens is 1. The molecule has 1 N–H and O–H groups in total. The van der Waals surface area contributed by atoms with Gasteiger partial charge in [-0.3, -0.25) is 4.79 Å². The number of aromatic nitrogens is 3. The van der Waals surface area contributed by atoms with E-state index in [1.54, 1.807) is 28.0 Å². The third kappa shape index (κ3) is 4.00. The fourth-order valence-electron chi connectivity index (χ4n) is 3.39. The highest BCUT2D eigenvalue weighted by Gasteiger charge is 2.34. The Morgan fingerprint density at radius 3 is 2.52 bits per heavy atom. The molecule has 0 radical (unpaired) electrons. The van der Waals surface area contributed by atoms with Gasteiger partial charge in [0, 0.05) is 48.2 Å². The van der Waals surface area contributed by atoms with Gasteiger partial charge in [0.15, 0.2) is 0 Å². The van der Waals surface area contributed by atoms with E-state index in [-0.39, 0.29) is 17.5 Å². The van der Waals surface area contributed by atoms with Crippen LogP contribution in [0.2, 0.25) is 5.02 Å². The van der Waals surface area contributed by atoms with Crippen molar-refractivity contribution < 1.29 is 18.0 Å². The molecule has 0 aliphatic carbocycles. The highest BCUT2D eigenvalue weighted by Crippen LogP contribution is 2.30. The number of hydrogen-bond donors (Lipinski definition) is 1. The zero-order chi connectivity index (χ0) is 20.8. The predicted octanol–water partition coefficient (Wildman–Crippen LogP) is 3.90. The second-order valence-electron chi connectivity index (χ2n) is 6.85. The monoisotopic (exact) mass is 423 g/mol. The second-order valence-corrected chi connectivity index (χ2v) is 7.29. The van der Waals surface area contributed by atoms with Crippen molar-refractivity contribution >= 4 is 34.2 Å². The van der Waals surface area contributed by atoms with Gasteiger partial charge in [0.25, 0.3) is 5.91 Å². The summed E-state index contributed by atoms with van der Waals surface area (Å²) in [5, 5.41) is 1.43. The molecule has 3 heterocycles. The fraction of sp³-hybridized carbons (Fsp3) is 0.316. The molecular formula is C19H17ClF3N5O. The van der Waals surface area contributed by atoms with E-state index in [9.17, 15) is 18.0 Å². The number of benzene rings is 1. The molecule has 1 aliphatic heterocycles. The van der Waals surface area contributed by atoms with E-state index < -0.39 is 11.9 Å². The van der Waals surface area contributed by atoms with Gasteiger partial charge in [-0.05, 0) is 31.2 Å². The summed E-state index contributed by atoms with van der Waals surface area (Å²) >= 11 is 5.99. The minimum absolute atomic E-state index is 0.0602. The number of anilines is 1. The van der Waals surface area contributed by atoms with E-state index in [4.69, 9.17) is 11.6 Å². The van der Waals surface area contributed by atoms with Crippen molar-refractivity contribution in [2.75, 3.05) is 31.1 Å². The number of rotatable bonds is 2. The summed E-state index contributed by atoms with van der Waals surface area (Å²) in [6.07, 6.45) is -4.53. The smallest absolute Gasteiger partial charge is 0.353 e. The summed E-state index contributed by atoms with van der Waals surface area (Å²) < 4.78 is 39.0. The second kappa shape index (κ2) is 7.22. The lowest BCUT2D eigenvalue weighted by Gasteiger charge is -2.35. The fourth-order valence-corrected chi connectivity index (χ4v) is 3.57. The van der Waals surface area contributed by atoms with Crippen molar-refractivity contribution in [3.8, 4) is 0 Å². The summed E-state index contributed by atoms with van der Waals surface area (Å²) in [5.41, 5.74) is 0.302. The van der Waals surface area contributed by atoms with Crippen LogP contribution in [0.1, 0.15) is 22.0 Å². The number of fused-ring (bicyclic) bond motifs is 1. The van der Waals surface area contributed by atoms with Crippen LogP contribution in [0, 0.1) is 6.92 Å². The SMILES string of the molecule is Cc1nc(N2CCN(C(=O)c3cc4cc(Cl)ccc4[nH]3)CC2)cc(C(F)(F)F)n1. The zero-order valence-electron chi connectivity index (χ0n) is 15.4. The largest absolute Gasteiger partial charge is 0.433 e. The molecule has 1 amide bonds. The van der Waals surface area contributed by atoms with E-state index in [0.29, 0.717) is 36.9 Å². The number of aromatic amines is 1. The molecule has 2 aromatic heterocycles. The summed E-state index contributed by atoms with van der Waals surface area (Å²) in [6.45, 7) is 2.94. The molecule has 1 saturated heterocycles. The van der Waals surface area contributed by atoms with E-state index >= 15 is 0 Å². The topological polar surface area (TPSA) is 65.1 Å². The number of carbonyl (C=O) groups excluding carboxylic acids is 1. The maximum Gasteiger partial charge on any atom is 0.433 e. The highest BCUT2D eigenvalue weighted by molar-refractivity contribution is 6.31. The van der Waals surface area contributed by atoms with Crippen LogP contribution < -0.4 is 4.90 Å². The molecule has 152 valence electrons. The number of hydrogen-bond acceptors (Lipinski definition) is 4. The highest BCUT2D eigenvalue weighted by atomic mass is 35.5. The average Bonchev–Trinajstić information content (AvgIpc) is 3.09. The van der Waals surface area contributed by atoms with Crippen molar-refractivity contribution in [1.82, 2.24) is 19.9 Å². The summed E-state index contributed by atoms with van der Waals surface area (Å²) in [5.74, 6) is 0.120. The Morgan fingerprint density at radius 2 is 1.83 bits per heavy atom. The number of alkyl halides is 3. The molecule has 0 atom stereocenters. The van der Waals surface area contributed by atoms with Crippen LogP contribution in [0.3, 0.4) is 0 Å². The van der Waals surface area contributed by atoms with E-state index in [1.807, 2.05) is 6.07 Å². The Labute approximate surface area is 169 Å². The normalized spacial score (nSPS) is 15.2. The number of carbonyl (C=O) groups is 1. The molecule has 4 rings (SSSR count). The number of nitrogens with zero attached hydrogens (tertiary/aromatic N) is 4. The summed E-state index contributed by atoms with van der Waals surface area (Å²) in [4.78, 5) is 26.9. The lowest BCUT2D eigenvalue weighted by Crippen LogP contribution is -2.49. The molecule has 29 heavy (non-hydrogen) atoms. The van der Waals surface area contributed by atoms with Gasteiger partial charge in [-0.15, -0.1) is 0 Å². The molecule has 1 aliphatic rings. The summed E-state index contributed by atoms with van der Waals surface area (Å²) in [6, 6.07) is 8.03. The van der Waals surface area contributed by atoms with Gasteiger partial charge in [-0.1, -0.05) is 11.6 Å². The molecule has 0 saturated carbocycles. The number of aryl methyl sites for hydroxylation is 1. The van der Waals surface area contributed by atoms with Crippen molar-refractivity contribution in [3.05, 3.63) is 52.6 Å². The van der Waals surface area contributed by atoms with Crippen LogP contribution in [0.4, 0.5) is 19.0 Å². The molecule has 10 heteroatoms. The van der Waals surface area contributed by atoms with E-state index in [2.05, 4.69) is 15.0 Å². The van der Waals surface area contributed by atoms with Gasteiger partial charge < -0.3 is 14.8 Å². The number of nitrogens with one attached hydrogen (secondary N) is 1. The van der Waals surface area contributed by atoms with Crippen LogP contribution in [0.5, 0.6) is 0 Å². The van der Waals surface area contributed by atoms with Crippen LogP contribution >= 0.6 is 11.6 Å². The minimum atomic E-state index is -4.53. The maximum absolute atomic E-state index is 13.0. The quantitative estimate of drug-likeness (QED) is 0.679. The molecule has 6 nitrogen and oxygen atoms in total. The van der Waals surface area contributed by atoms with E-state index in [1.165, 1.54) is 6.92 Å². The molecule has 1 fully saturated rings. The first-order valence-corrected chi connectivity index (χ1v) is 9.34. The Balaban J connectivity index is 1.47. The maximum atomic E-state index is 13.0. The van der Waals surface area contributed by atoms with Crippen molar-refractivity contribution in [2.24, 2.45) is 0 Å². The van der Waals surface area contributed by atoms with Crippen LogP contribution in [0.25, 0.3) is 10.9 Å². The van der Waals surface area contributed by atoms with Crippen LogP contribution in [0.15, 0.2) is 30.3 Å². The van der Waals surface area contributed by atoms with Gasteiger partial charge >= 0.3 is 6.18 Å². The van der Waals surface area contributed by atoms with Gasteiger partial charge in [0.2, 0.25) is 0 Å². The minimum Gasteiger partial charge on any atom is -0.353 e. The molecular weight excluding hydrogens is 407 g/mol. The lowest BCUT2D eigenvalue weighted by atomic mass is 10.2. The predicted molar refractivity (Wildman–Crippen MR) is 103 cm³/mol. The average molecular weight is 424 g/mol. The molecule has 1 aromatic carbocycles. The van der Waals surface area contributed by atoms with E-state index in [0.717, 1.165) is 17.0 Å². The third-order valence-electron chi connectivity index (χ3n) is 4.82. The summed E-state index contributed by atoms with van der Waals surface area (Å²) in [7, 11) is 0. The Kier molecular flexibility index (Phi) is 4.85. The molecule has 0 bridgehead atoms. The molecule has 3 aromatic rings. The molecule has 0 spiro atoms. The number of amides is 1. The first-order chi connectivity index (χ1) is 13.7. The Hall–Kier alpha value is -2.81. The first-order valence-electron chi connectivity index (χ1n) is 8.96. The van der Waals surface area contributed by atoms with Crippen LogP contribution in [-0.4, -0.2) is 51.9 Å². The van der Waals surface area contributed by atoms with Gasteiger partial charge in [0.1, 0.15) is 23.0 Å². The molecule has 0 unspecified atom stereocenters. The lowest BCUT2D eigenvalue weighted by molar-refractivity contribution is -0.141. The van der Waals surface area contributed by atoms with Crippen molar-refractivity contribution in [1.29, 1.82) is 0 Å². The van der Waals surface area contributed by atoms with Crippen molar-refractivity contribution in [2.45, 2.75) is 13.1 Å². The van der Waals surface area contributed by atoms with Gasteiger partial charge in [-0.25, -0.2) is 9.97 Å². The number of halogens is 4. The third-order valence-corrected chi connectivity index (χ3v) is 5.05. The Morgan fingerprint density at radius 1 is 1.10 bits per heavy atom.